The van der Waals surface area contributed by atoms with Crippen LogP contribution in [0.15, 0.2) is 46.9 Å². The van der Waals surface area contributed by atoms with Crippen LogP contribution in [0.25, 0.3) is 11.5 Å². The first-order valence-corrected chi connectivity index (χ1v) is 7.39. The molecule has 0 atom stereocenters. The number of aromatic nitrogens is 2. The normalized spacial score (nSPS) is 10.9. The van der Waals surface area contributed by atoms with Crippen molar-refractivity contribution >= 4 is 5.69 Å². The minimum Gasteiger partial charge on any atom is -0.434 e. The molecule has 0 saturated carbocycles. The van der Waals surface area contributed by atoms with Crippen molar-refractivity contribution in [3.05, 3.63) is 59.7 Å². The van der Waals surface area contributed by atoms with E-state index in [4.69, 9.17) is 4.42 Å². The lowest BCUT2D eigenvalue weighted by molar-refractivity contribution is -0.0502. The van der Waals surface area contributed by atoms with Gasteiger partial charge in [0.1, 0.15) is 11.6 Å². The minimum absolute atomic E-state index is 0.0949. The third-order valence-corrected chi connectivity index (χ3v) is 3.49. The van der Waals surface area contributed by atoms with Crippen LogP contribution in [-0.2, 0) is 6.54 Å². The summed E-state index contributed by atoms with van der Waals surface area (Å²) in [5.41, 5.74) is 1.75. The predicted octanol–water partition coefficient (Wildman–Crippen LogP) is 4.40. The van der Waals surface area contributed by atoms with E-state index in [-0.39, 0.29) is 24.0 Å². The Morgan fingerprint density at radius 2 is 1.88 bits per heavy atom. The average Bonchev–Trinajstić information content (AvgIpc) is 3.05. The zero-order valence-corrected chi connectivity index (χ0v) is 13.2. The molecule has 0 fully saturated rings. The van der Waals surface area contributed by atoms with Gasteiger partial charge in [-0.05, 0) is 43.3 Å². The van der Waals surface area contributed by atoms with E-state index in [0.717, 1.165) is 0 Å². The highest BCUT2D eigenvalue weighted by atomic mass is 19.3. The van der Waals surface area contributed by atoms with Gasteiger partial charge >= 0.3 is 6.61 Å². The molecular weight excluding hydrogens is 335 g/mol. The molecule has 2 aromatic carbocycles. The molecule has 0 amide bonds. The molecule has 1 N–H and O–H groups in total. The minimum atomic E-state index is -2.89. The van der Waals surface area contributed by atoms with Gasteiger partial charge < -0.3 is 14.5 Å². The number of benzene rings is 2. The number of nitrogens with zero attached hydrogens (tertiary/aromatic N) is 2. The molecule has 25 heavy (non-hydrogen) atoms. The maximum absolute atomic E-state index is 12.9. The number of ether oxygens (including phenoxy) is 1. The van der Waals surface area contributed by atoms with Crippen LogP contribution in [0.2, 0.25) is 0 Å². The Bertz CT molecular complexity index is 851. The van der Waals surface area contributed by atoms with Crippen molar-refractivity contribution < 1.29 is 22.3 Å². The Morgan fingerprint density at radius 1 is 1.12 bits per heavy atom. The number of anilines is 1. The molecule has 130 valence electrons. The molecule has 1 aromatic heterocycles. The number of hydrogen-bond acceptors (Lipinski definition) is 5. The van der Waals surface area contributed by atoms with Crippen molar-refractivity contribution in [1.29, 1.82) is 0 Å². The molecule has 5 nitrogen and oxygen atoms in total. The lowest BCUT2D eigenvalue weighted by Gasteiger charge is -2.12. The van der Waals surface area contributed by atoms with E-state index in [9.17, 15) is 13.2 Å². The summed E-state index contributed by atoms with van der Waals surface area (Å²) in [5.74, 6) is 0.311. The third kappa shape index (κ3) is 4.09. The number of hydrogen-bond donors (Lipinski definition) is 1. The first-order chi connectivity index (χ1) is 12.0. The van der Waals surface area contributed by atoms with Crippen LogP contribution in [0, 0.1) is 12.7 Å². The molecule has 3 aromatic rings. The summed E-state index contributed by atoms with van der Waals surface area (Å²) in [6, 6.07) is 10.5. The van der Waals surface area contributed by atoms with E-state index in [1.165, 1.54) is 30.3 Å². The van der Waals surface area contributed by atoms with E-state index < -0.39 is 6.61 Å². The average molecular weight is 349 g/mol. The fraction of sp³-hybridized carbons (Fsp3) is 0.176. The Morgan fingerprint density at radius 3 is 2.60 bits per heavy atom. The SMILES string of the molecule is Cc1c(NCc2nnc(-c3ccc(F)cc3)o2)cccc1OC(F)F. The number of halogens is 3. The van der Waals surface area contributed by atoms with Gasteiger partial charge in [-0.1, -0.05) is 6.07 Å². The Hall–Kier alpha value is -3.03. The van der Waals surface area contributed by atoms with Gasteiger partial charge in [0.05, 0.1) is 6.54 Å². The zero-order valence-electron chi connectivity index (χ0n) is 13.2. The van der Waals surface area contributed by atoms with E-state index in [1.807, 2.05) is 0 Å². The standard InChI is InChI=1S/C17H14F3N3O2/c1-10-13(3-2-4-14(10)24-17(19)20)21-9-15-22-23-16(25-15)11-5-7-12(18)8-6-11/h2-8,17,21H,9H2,1H3. The second-order valence-corrected chi connectivity index (χ2v) is 5.17. The summed E-state index contributed by atoms with van der Waals surface area (Å²) in [7, 11) is 0. The summed E-state index contributed by atoms with van der Waals surface area (Å²) in [5, 5.41) is 10.8. The highest BCUT2D eigenvalue weighted by Gasteiger charge is 2.12. The Balaban J connectivity index is 1.69. The number of alkyl halides is 2. The van der Waals surface area contributed by atoms with Gasteiger partial charge in [0.25, 0.3) is 0 Å². The van der Waals surface area contributed by atoms with Crippen LogP contribution in [0.5, 0.6) is 5.75 Å². The van der Waals surface area contributed by atoms with Gasteiger partial charge in [0, 0.05) is 16.8 Å². The first-order valence-electron chi connectivity index (χ1n) is 7.39. The summed E-state index contributed by atoms with van der Waals surface area (Å²) in [6.07, 6.45) is 0. The molecule has 0 bridgehead atoms. The fourth-order valence-corrected chi connectivity index (χ4v) is 2.23. The lowest BCUT2D eigenvalue weighted by Crippen LogP contribution is -2.06. The van der Waals surface area contributed by atoms with Gasteiger partial charge in [-0.25, -0.2) is 4.39 Å². The van der Waals surface area contributed by atoms with Gasteiger partial charge in [0.15, 0.2) is 0 Å². The zero-order chi connectivity index (χ0) is 17.8. The summed E-state index contributed by atoms with van der Waals surface area (Å²) in [4.78, 5) is 0. The van der Waals surface area contributed by atoms with E-state index in [2.05, 4.69) is 20.3 Å². The molecular formula is C17H14F3N3O2. The van der Waals surface area contributed by atoms with Crippen LogP contribution < -0.4 is 10.1 Å². The highest BCUT2D eigenvalue weighted by Crippen LogP contribution is 2.27. The van der Waals surface area contributed by atoms with Gasteiger partial charge in [-0.3, -0.25) is 0 Å². The van der Waals surface area contributed by atoms with Crippen molar-refractivity contribution in [2.45, 2.75) is 20.1 Å². The van der Waals surface area contributed by atoms with Crippen LogP contribution in [-0.4, -0.2) is 16.8 Å². The Labute approximate surface area is 141 Å². The largest absolute Gasteiger partial charge is 0.434 e. The van der Waals surface area contributed by atoms with Crippen molar-refractivity contribution in [1.82, 2.24) is 10.2 Å². The van der Waals surface area contributed by atoms with Crippen LogP contribution >= 0.6 is 0 Å². The predicted molar refractivity (Wildman–Crippen MR) is 84.8 cm³/mol. The fourth-order valence-electron chi connectivity index (χ4n) is 2.23. The Kier molecular flexibility index (Phi) is 4.87. The number of nitrogens with one attached hydrogen (secondary N) is 1. The molecule has 8 heteroatoms. The van der Waals surface area contributed by atoms with Gasteiger partial charge in [-0.15, -0.1) is 10.2 Å². The third-order valence-electron chi connectivity index (χ3n) is 3.49. The maximum Gasteiger partial charge on any atom is 0.387 e. The molecule has 0 aliphatic carbocycles. The molecule has 0 radical (unpaired) electrons. The molecule has 0 unspecified atom stereocenters. The van der Waals surface area contributed by atoms with E-state index in [1.54, 1.807) is 19.1 Å². The van der Waals surface area contributed by atoms with Crippen molar-refractivity contribution in [2.75, 3.05) is 5.32 Å². The molecule has 0 aliphatic heterocycles. The summed E-state index contributed by atoms with van der Waals surface area (Å²) >= 11 is 0. The summed E-state index contributed by atoms with van der Waals surface area (Å²) < 4.78 is 47.6. The quantitative estimate of drug-likeness (QED) is 0.715. The van der Waals surface area contributed by atoms with Crippen molar-refractivity contribution in [3.8, 4) is 17.2 Å². The smallest absolute Gasteiger partial charge is 0.387 e. The molecule has 3 rings (SSSR count). The summed E-state index contributed by atoms with van der Waals surface area (Å²) in [6.45, 7) is -1.02. The topological polar surface area (TPSA) is 60.2 Å². The molecule has 1 heterocycles. The van der Waals surface area contributed by atoms with Crippen molar-refractivity contribution in [3.63, 3.8) is 0 Å². The van der Waals surface area contributed by atoms with E-state index in [0.29, 0.717) is 22.7 Å². The second kappa shape index (κ2) is 7.25. The number of rotatable bonds is 6. The first kappa shape index (κ1) is 16.8. The highest BCUT2D eigenvalue weighted by molar-refractivity contribution is 5.57. The van der Waals surface area contributed by atoms with E-state index >= 15 is 0 Å². The van der Waals surface area contributed by atoms with Crippen LogP contribution in [0.3, 0.4) is 0 Å². The molecule has 0 spiro atoms. The van der Waals surface area contributed by atoms with Gasteiger partial charge in [-0.2, -0.15) is 8.78 Å². The molecule has 0 aliphatic rings. The molecule has 0 saturated heterocycles. The van der Waals surface area contributed by atoms with Gasteiger partial charge in [0.2, 0.25) is 11.8 Å². The second-order valence-electron chi connectivity index (χ2n) is 5.17. The maximum atomic E-state index is 12.9. The lowest BCUT2D eigenvalue weighted by atomic mass is 10.2. The van der Waals surface area contributed by atoms with Crippen LogP contribution in [0.1, 0.15) is 11.5 Å². The van der Waals surface area contributed by atoms with Crippen LogP contribution in [0.4, 0.5) is 18.9 Å². The monoisotopic (exact) mass is 349 g/mol. The van der Waals surface area contributed by atoms with Crippen molar-refractivity contribution in [2.24, 2.45) is 0 Å².